The van der Waals surface area contributed by atoms with E-state index in [1.165, 1.54) is 6.20 Å². The third kappa shape index (κ3) is 9.67. The van der Waals surface area contributed by atoms with Crippen molar-refractivity contribution < 1.29 is 23.9 Å². The number of carbonyl (C=O) groups excluding carboxylic acids is 3. The molecule has 0 aliphatic carbocycles. The van der Waals surface area contributed by atoms with Crippen LogP contribution in [0.15, 0.2) is 18.3 Å². The molecule has 0 unspecified atom stereocenters. The van der Waals surface area contributed by atoms with Crippen LogP contribution in [0.5, 0.6) is 0 Å². The summed E-state index contributed by atoms with van der Waals surface area (Å²) in [6.07, 6.45) is 3.82. The normalized spacial score (nSPS) is 17.9. The predicted octanol–water partition coefficient (Wildman–Crippen LogP) is 5.45. The van der Waals surface area contributed by atoms with Gasteiger partial charge in [0.1, 0.15) is 22.6 Å². The number of ether oxygens (including phenoxy) is 2. The topological polar surface area (TPSA) is 165 Å². The number of aromatic nitrogens is 3. The zero-order valence-corrected chi connectivity index (χ0v) is 28.5. The zero-order chi connectivity index (χ0) is 33.8. The molecule has 0 saturated carbocycles. The van der Waals surface area contributed by atoms with Crippen molar-refractivity contribution in [3.8, 4) is 0 Å². The first-order valence-electron chi connectivity index (χ1n) is 16.2. The number of hydrogen-bond donors (Lipinski definition) is 3. The van der Waals surface area contributed by atoms with Gasteiger partial charge in [0.2, 0.25) is 5.95 Å². The number of hydrogen-bond acceptors (Lipinski definition) is 10. The van der Waals surface area contributed by atoms with Crippen LogP contribution in [0.25, 0.3) is 0 Å². The van der Waals surface area contributed by atoms with Crippen molar-refractivity contribution in [3.05, 3.63) is 35.3 Å². The van der Waals surface area contributed by atoms with Gasteiger partial charge in [-0.05, 0) is 85.3 Å². The number of piperidine rings is 2. The standard InChI is InChI=1S/C33H50N8O5/c1-20(2)25-16-23(17-26(38-25)21-11-14-40(15-12-21)31(44)46-33(6,7)8)36-28-24(27(34)42)18-35-29(39-28)41-13-9-10-22(19-41)37-30(43)45-32(3,4)5/h16-18,20-22H,9-15,19H2,1-8H3,(H2,34,42)(H,37,43)(H,35,36,38,39)/t22-/m0/s1. The number of nitrogens with two attached hydrogens (primary N) is 1. The summed E-state index contributed by atoms with van der Waals surface area (Å²) in [6.45, 7) is 17.6. The Balaban J connectivity index is 1.53. The molecule has 2 saturated heterocycles. The van der Waals surface area contributed by atoms with Crippen molar-refractivity contribution >= 4 is 35.5 Å². The van der Waals surface area contributed by atoms with Crippen molar-refractivity contribution in [2.45, 2.75) is 110 Å². The third-order valence-electron chi connectivity index (χ3n) is 7.75. The molecule has 1 atom stereocenters. The Bertz CT molecular complexity index is 1410. The smallest absolute Gasteiger partial charge is 0.410 e. The van der Waals surface area contributed by atoms with E-state index < -0.39 is 23.2 Å². The van der Waals surface area contributed by atoms with Gasteiger partial charge in [0.25, 0.3) is 5.91 Å². The number of nitrogens with one attached hydrogen (secondary N) is 2. The van der Waals surface area contributed by atoms with E-state index in [1.807, 2.05) is 58.6 Å². The number of primary amides is 1. The summed E-state index contributed by atoms with van der Waals surface area (Å²) in [5, 5.41) is 6.29. The van der Waals surface area contributed by atoms with Crippen LogP contribution in [0.4, 0.5) is 27.0 Å². The molecule has 4 N–H and O–H groups in total. The maximum absolute atomic E-state index is 12.6. The fourth-order valence-electron chi connectivity index (χ4n) is 5.52. The van der Waals surface area contributed by atoms with Gasteiger partial charge >= 0.3 is 12.2 Å². The highest BCUT2D eigenvalue weighted by atomic mass is 16.6. The molecule has 0 radical (unpaired) electrons. The number of alkyl carbamates (subject to hydrolysis) is 1. The first kappa shape index (κ1) is 34.7. The number of carbonyl (C=O) groups is 3. The first-order chi connectivity index (χ1) is 21.5. The Morgan fingerprint density at radius 1 is 0.957 bits per heavy atom. The molecule has 4 heterocycles. The van der Waals surface area contributed by atoms with Gasteiger partial charge in [-0.1, -0.05) is 13.8 Å². The number of anilines is 3. The van der Waals surface area contributed by atoms with Gasteiger partial charge in [0.05, 0.1) is 0 Å². The SMILES string of the molecule is CC(C)c1cc(Nc2nc(N3CCC[C@H](NC(=O)OC(C)(C)C)C3)ncc2C(N)=O)cc(C2CCN(C(=O)OC(C)(C)C)CC2)n1. The molecule has 0 aromatic carbocycles. The predicted molar refractivity (Wildman–Crippen MR) is 177 cm³/mol. The van der Waals surface area contributed by atoms with Crippen molar-refractivity contribution in [1.82, 2.24) is 25.2 Å². The lowest BCUT2D eigenvalue weighted by atomic mass is 9.92. The van der Waals surface area contributed by atoms with E-state index in [-0.39, 0.29) is 29.5 Å². The first-order valence-corrected chi connectivity index (χ1v) is 16.2. The summed E-state index contributed by atoms with van der Waals surface area (Å²) in [4.78, 5) is 55.3. The van der Waals surface area contributed by atoms with Gasteiger partial charge in [-0.2, -0.15) is 4.98 Å². The minimum atomic E-state index is -0.648. The molecule has 2 aromatic heterocycles. The monoisotopic (exact) mass is 638 g/mol. The van der Waals surface area contributed by atoms with Gasteiger partial charge in [-0.15, -0.1) is 0 Å². The molecule has 2 aromatic rings. The molecule has 46 heavy (non-hydrogen) atoms. The molecule has 0 spiro atoms. The lowest BCUT2D eigenvalue weighted by molar-refractivity contribution is 0.0203. The molecule has 4 rings (SSSR count). The van der Waals surface area contributed by atoms with Crippen LogP contribution >= 0.6 is 0 Å². The van der Waals surface area contributed by atoms with Gasteiger partial charge in [-0.3, -0.25) is 9.78 Å². The van der Waals surface area contributed by atoms with E-state index in [0.29, 0.717) is 37.9 Å². The van der Waals surface area contributed by atoms with Crippen molar-refractivity contribution in [2.75, 3.05) is 36.4 Å². The van der Waals surface area contributed by atoms with E-state index in [0.717, 1.165) is 42.8 Å². The van der Waals surface area contributed by atoms with Crippen LogP contribution in [0.2, 0.25) is 0 Å². The lowest BCUT2D eigenvalue weighted by Gasteiger charge is -2.34. The summed E-state index contributed by atoms with van der Waals surface area (Å²) in [5.74, 6) is 0.381. The molecule has 13 heteroatoms. The maximum atomic E-state index is 12.6. The molecule has 13 nitrogen and oxygen atoms in total. The van der Waals surface area contributed by atoms with Gasteiger partial charge in [0.15, 0.2) is 0 Å². The Morgan fingerprint density at radius 3 is 2.24 bits per heavy atom. The highest BCUT2D eigenvalue weighted by Crippen LogP contribution is 2.32. The second-order valence-electron chi connectivity index (χ2n) is 14.5. The highest BCUT2D eigenvalue weighted by Gasteiger charge is 2.30. The summed E-state index contributed by atoms with van der Waals surface area (Å²) in [7, 11) is 0. The summed E-state index contributed by atoms with van der Waals surface area (Å²) in [5.41, 5.74) is 7.32. The Hall–Kier alpha value is -4.16. The van der Waals surface area contributed by atoms with Crippen LogP contribution in [0.3, 0.4) is 0 Å². The van der Waals surface area contributed by atoms with Crippen LogP contribution in [0.1, 0.15) is 115 Å². The van der Waals surface area contributed by atoms with Crippen molar-refractivity contribution in [3.63, 3.8) is 0 Å². The molecule has 252 valence electrons. The van der Waals surface area contributed by atoms with Crippen LogP contribution in [-0.2, 0) is 9.47 Å². The van der Waals surface area contributed by atoms with Crippen LogP contribution in [-0.4, -0.2) is 81.4 Å². The second-order valence-corrected chi connectivity index (χ2v) is 14.5. The van der Waals surface area contributed by atoms with E-state index in [2.05, 4.69) is 29.5 Å². The van der Waals surface area contributed by atoms with E-state index >= 15 is 0 Å². The minimum absolute atomic E-state index is 0.141. The van der Waals surface area contributed by atoms with Crippen LogP contribution in [0, 0.1) is 0 Å². The number of rotatable bonds is 7. The summed E-state index contributed by atoms with van der Waals surface area (Å²) < 4.78 is 11.0. The molecule has 3 amide bonds. The van der Waals surface area contributed by atoms with E-state index in [1.54, 1.807) is 4.90 Å². The fourth-order valence-corrected chi connectivity index (χ4v) is 5.52. The fraction of sp³-hybridized carbons (Fsp3) is 0.636. The quantitative estimate of drug-likeness (QED) is 0.355. The average Bonchev–Trinajstić information content (AvgIpc) is 2.95. The van der Waals surface area contributed by atoms with Gasteiger partial charge in [0, 0.05) is 61.4 Å². The Kier molecular flexibility index (Phi) is 10.6. The van der Waals surface area contributed by atoms with E-state index in [9.17, 15) is 14.4 Å². The Labute approximate surface area is 272 Å². The largest absolute Gasteiger partial charge is 0.444 e. The van der Waals surface area contributed by atoms with E-state index in [4.69, 9.17) is 25.2 Å². The second kappa shape index (κ2) is 14.1. The van der Waals surface area contributed by atoms with Gasteiger partial charge < -0.3 is 35.6 Å². The van der Waals surface area contributed by atoms with Crippen molar-refractivity contribution in [1.29, 1.82) is 0 Å². The summed E-state index contributed by atoms with van der Waals surface area (Å²) in [6, 6.07) is 3.80. The molecular weight excluding hydrogens is 588 g/mol. The maximum Gasteiger partial charge on any atom is 0.410 e. The third-order valence-corrected chi connectivity index (χ3v) is 7.75. The molecule has 2 aliphatic heterocycles. The number of nitrogens with zero attached hydrogens (tertiary/aromatic N) is 5. The zero-order valence-electron chi connectivity index (χ0n) is 28.5. The average molecular weight is 639 g/mol. The lowest BCUT2D eigenvalue weighted by Crippen LogP contribution is -2.49. The minimum Gasteiger partial charge on any atom is -0.444 e. The molecule has 2 fully saturated rings. The number of likely N-dealkylation sites (tertiary alicyclic amines) is 1. The van der Waals surface area contributed by atoms with Crippen LogP contribution < -0.4 is 21.3 Å². The highest BCUT2D eigenvalue weighted by molar-refractivity contribution is 5.98. The Morgan fingerprint density at radius 2 is 1.63 bits per heavy atom. The number of pyridine rings is 1. The molecular formula is C33H50N8O5. The number of amides is 3. The van der Waals surface area contributed by atoms with Crippen molar-refractivity contribution in [2.24, 2.45) is 5.73 Å². The molecule has 2 aliphatic rings. The molecule has 0 bridgehead atoms. The van der Waals surface area contributed by atoms with Gasteiger partial charge in [-0.25, -0.2) is 14.6 Å². The summed E-state index contributed by atoms with van der Waals surface area (Å²) >= 11 is 0.